The molecule has 1 amide bonds. The monoisotopic (exact) mass is 455 g/mol. The fourth-order valence-corrected chi connectivity index (χ4v) is 4.58. The molecule has 0 saturated carbocycles. The van der Waals surface area contributed by atoms with Gasteiger partial charge in [0.05, 0.1) is 18.2 Å². The van der Waals surface area contributed by atoms with E-state index in [9.17, 15) is 4.79 Å². The minimum atomic E-state index is 0.0729. The van der Waals surface area contributed by atoms with Gasteiger partial charge in [-0.05, 0) is 49.2 Å². The number of nitrogens with zero attached hydrogens (tertiary/aromatic N) is 5. The SMILES string of the molecule is COc1ccc(CCCN2CCN(C(=O)c3cn(-c4ncccn4)c4ccccc34)CC2)cc1. The molecule has 0 aliphatic carbocycles. The topological polar surface area (TPSA) is 63.5 Å². The van der Waals surface area contributed by atoms with Crippen molar-refractivity contribution in [2.24, 2.45) is 0 Å². The van der Waals surface area contributed by atoms with Crippen molar-refractivity contribution >= 4 is 16.8 Å². The third-order valence-electron chi connectivity index (χ3n) is 6.47. The quantitative estimate of drug-likeness (QED) is 0.424. The van der Waals surface area contributed by atoms with E-state index in [0.29, 0.717) is 11.5 Å². The molecule has 1 aliphatic heterocycles. The molecule has 0 unspecified atom stereocenters. The van der Waals surface area contributed by atoms with Crippen LogP contribution in [0.15, 0.2) is 73.2 Å². The Balaban J connectivity index is 1.20. The number of ether oxygens (including phenoxy) is 1. The van der Waals surface area contributed by atoms with Crippen LogP contribution in [0.4, 0.5) is 0 Å². The molecule has 7 heteroatoms. The summed E-state index contributed by atoms with van der Waals surface area (Å²) in [6.45, 7) is 4.31. The summed E-state index contributed by atoms with van der Waals surface area (Å²) in [4.78, 5) is 26.6. The van der Waals surface area contributed by atoms with Crippen LogP contribution in [0, 0.1) is 0 Å². The van der Waals surface area contributed by atoms with Gasteiger partial charge < -0.3 is 9.64 Å². The van der Waals surface area contributed by atoms with Gasteiger partial charge in [0, 0.05) is 50.2 Å². The minimum Gasteiger partial charge on any atom is -0.497 e. The number of amides is 1. The first-order valence-corrected chi connectivity index (χ1v) is 11.7. The highest BCUT2D eigenvalue weighted by Gasteiger charge is 2.25. The number of rotatable bonds is 7. The van der Waals surface area contributed by atoms with Gasteiger partial charge in [0.1, 0.15) is 5.75 Å². The second kappa shape index (κ2) is 10.1. The largest absolute Gasteiger partial charge is 0.497 e. The van der Waals surface area contributed by atoms with Crippen LogP contribution in [0.5, 0.6) is 5.75 Å². The van der Waals surface area contributed by atoms with Crippen molar-refractivity contribution in [2.45, 2.75) is 12.8 Å². The van der Waals surface area contributed by atoms with Crippen LogP contribution < -0.4 is 4.74 Å². The molecule has 1 saturated heterocycles. The van der Waals surface area contributed by atoms with Crippen LogP contribution in [0.25, 0.3) is 16.9 Å². The minimum absolute atomic E-state index is 0.0729. The molecule has 4 aromatic rings. The highest BCUT2D eigenvalue weighted by molar-refractivity contribution is 6.07. The molecule has 3 heterocycles. The van der Waals surface area contributed by atoms with E-state index in [1.165, 1.54) is 5.56 Å². The average Bonchev–Trinajstić information content (AvgIpc) is 3.29. The Labute approximate surface area is 199 Å². The molecule has 2 aromatic heterocycles. The standard InChI is InChI=1S/C27H29N5O2/c1-34-22-11-9-21(10-12-22)6-4-15-30-16-18-31(19-17-30)26(33)24-20-32(27-28-13-5-14-29-27)25-8-3-2-7-23(24)25/h2-3,5,7-14,20H,4,6,15-19H2,1H3. The van der Waals surface area contributed by atoms with Gasteiger partial charge in [0.25, 0.3) is 5.91 Å². The number of carbonyl (C=O) groups excluding carboxylic acids is 1. The maximum absolute atomic E-state index is 13.5. The second-order valence-corrected chi connectivity index (χ2v) is 8.56. The lowest BCUT2D eigenvalue weighted by Crippen LogP contribution is -2.48. The number of fused-ring (bicyclic) bond motifs is 1. The normalized spacial score (nSPS) is 14.4. The van der Waals surface area contributed by atoms with Crippen LogP contribution in [0.3, 0.4) is 0 Å². The van der Waals surface area contributed by atoms with Gasteiger partial charge >= 0.3 is 0 Å². The average molecular weight is 456 g/mol. The molecular formula is C27H29N5O2. The van der Waals surface area contributed by atoms with Gasteiger partial charge in [-0.25, -0.2) is 9.97 Å². The van der Waals surface area contributed by atoms with Crippen molar-refractivity contribution in [3.8, 4) is 11.7 Å². The summed E-state index contributed by atoms with van der Waals surface area (Å²) in [6, 6.07) is 18.0. The maximum atomic E-state index is 13.5. The van der Waals surface area contributed by atoms with Crippen molar-refractivity contribution in [1.82, 2.24) is 24.3 Å². The van der Waals surface area contributed by atoms with Crippen molar-refractivity contribution in [1.29, 1.82) is 0 Å². The van der Waals surface area contributed by atoms with E-state index in [-0.39, 0.29) is 5.91 Å². The van der Waals surface area contributed by atoms with Crippen LogP contribution >= 0.6 is 0 Å². The van der Waals surface area contributed by atoms with Crippen molar-refractivity contribution in [2.75, 3.05) is 39.8 Å². The van der Waals surface area contributed by atoms with Gasteiger partial charge in [0.15, 0.2) is 0 Å². The molecule has 34 heavy (non-hydrogen) atoms. The van der Waals surface area contributed by atoms with Gasteiger partial charge in [-0.2, -0.15) is 0 Å². The third kappa shape index (κ3) is 4.65. The van der Waals surface area contributed by atoms with Gasteiger partial charge in [-0.15, -0.1) is 0 Å². The zero-order valence-corrected chi connectivity index (χ0v) is 19.4. The number of hydrogen-bond acceptors (Lipinski definition) is 5. The Morgan fingerprint density at radius 3 is 2.41 bits per heavy atom. The fourth-order valence-electron chi connectivity index (χ4n) is 4.58. The smallest absolute Gasteiger partial charge is 0.256 e. The van der Waals surface area contributed by atoms with Crippen molar-refractivity contribution < 1.29 is 9.53 Å². The van der Waals surface area contributed by atoms with E-state index in [0.717, 1.165) is 62.2 Å². The van der Waals surface area contributed by atoms with E-state index in [4.69, 9.17) is 4.74 Å². The summed E-state index contributed by atoms with van der Waals surface area (Å²) in [5, 5.41) is 0.932. The summed E-state index contributed by atoms with van der Waals surface area (Å²) < 4.78 is 7.13. The van der Waals surface area contributed by atoms with E-state index in [2.05, 4.69) is 27.0 Å². The first-order valence-electron chi connectivity index (χ1n) is 11.7. The number of aryl methyl sites for hydroxylation is 1. The Kier molecular flexibility index (Phi) is 6.53. The molecule has 2 aromatic carbocycles. The molecule has 7 nitrogen and oxygen atoms in total. The van der Waals surface area contributed by atoms with Gasteiger partial charge in [-0.1, -0.05) is 30.3 Å². The summed E-state index contributed by atoms with van der Waals surface area (Å²) in [5.41, 5.74) is 2.97. The Morgan fingerprint density at radius 1 is 0.941 bits per heavy atom. The van der Waals surface area contributed by atoms with E-state index in [1.54, 1.807) is 25.6 Å². The van der Waals surface area contributed by atoms with Crippen LogP contribution in [0.2, 0.25) is 0 Å². The van der Waals surface area contributed by atoms with Gasteiger partial charge in [0.2, 0.25) is 5.95 Å². The number of methoxy groups -OCH3 is 1. The fraction of sp³-hybridized carbons (Fsp3) is 0.296. The van der Waals surface area contributed by atoms with E-state index < -0.39 is 0 Å². The molecule has 0 spiro atoms. The summed E-state index contributed by atoms with van der Waals surface area (Å²) in [6.07, 6.45) is 7.46. The number of para-hydroxylation sites is 1. The first-order chi connectivity index (χ1) is 16.7. The number of aromatic nitrogens is 3. The highest BCUT2D eigenvalue weighted by atomic mass is 16.5. The molecule has 174 valence electrons. The summed E-state index contributed by atoms with van der Waals surface area (Å²) in [7, 11) is 1.69. The molecule has 1 aliphatic rings. The number of carbonyl (C=O) groups is 1. The van der Waals surface area contributed by atoms with Crippen LogP contribution in [-0.4, -0.2) is 70.1 Å². The second-order valence-electron chi connectivity index (χ2n) is 8.56. The molecule has 5 rings (SSSR count). The van der Waals surface area contributed by atoms with Crippen LogP contribution in [-0.2, 0) is 6.42 Å². The highest BCUT2D eigenvalue weighted by Crippen LogP contribution is 2.25. The summed E-state index contributed by atoms with van der Waals surface area (Å²) >= 11 is 0. The van der Waals surface area contributed by atoms with E-state index >= 15 is 0 Å². The Hall–Kier alpha value is -3.71. The lowest BCUT2D eigenvalue weighted by atomic mass is 10.1. The Bertz CT molecular complexity index is 1250. The number of piperazine rings is 1. The summed E-state index contributed by atoms with van der Waals surface area (Å²) in [5.74, 6) is 1.53. The first kappa shape index (κ1) is 22.1. The number of hydrogen-bond donors (Lipinski definition) is 0. The van der Waals surface area contributed by atoms with Crippen molar-refractivity contribution in [3.05, 3.63) is 84.3 Å². The lowest BCUT2D eigenvalue weighted by Gasteiger charge is -2.34. The maximum Gasteiger partial charge on any atom is 0.256 e. The predicted molar refractivity (Wildman–Crippen MR) is 133 cm³/mol. The lowest BCUT2D eigenvalue weighted by molar-refractivity contribution is 0.0638. The predicted octanol–water partition coefficient (Wildman–Crippen LogP) is 3.82. The zero-order chi connectivity index (χ0) is 23.3. The van der Waals surface area contributed by atoms with Gasteiger partial charge in [-0.3, -0.25) is 14.3 Å². The Morgan fingerprint density at radius 2 is 1.68 bits per heavy atom. The van der Waals surface area contributed by atoms with Crippen molar-refractivity contribution in [3.63, 3.8) is 0 Å². The third-order valence-corrected chi connectivity index (χ3v) is 6.47. The molecule has 0 atom stereocenters. The molecule has 1 fully saturated rings. The number of benzene rings is 2. The molecule has 0 N–H and O–H groups in total. The van der Waals surface area contributed by atoms with E-state index in [1.807, 2.05) is 52.1 Å². The van der Waals surface area contributed by atoms with Crippen LogP contribution in [0.1, 0.15) is 22.3 Å². The molecular weight excluding hydrogens is 426 g/mol. The zero-order valence-electron chi connectivity index (χ0n) is 19.4. The molecule has 0 bridgehead atoms. The molecule has 0 radical (unpaired) electrons.